The Morgan fingerprint density at radius 2 is 1.62 bits per heavy atom. The lowest BCUT2D eigenvalue weighted by atomic mass is 9.98. The van der Waals surface area contributed by atoms with Gasteiger partial charge in [-0.05, 0) is 64.0 Å². The summed E-state index contributed by atoms with van der Waals surface area (Å²) in [4.78, 5) is 13.7. The van der Waals surface area contributed by atoms with E-state index in [4.69, 9.17) is 13.9 Å². The Morgan fingerprint density at radius 1 is 0.971 bits per heavy atom. The van der Waals surface area contributed by atoms with Crippen molar-refractivity contribution in [2.24, 2.45) is 0 Å². The molecule has 0 aromatic heterocycles. The number of esters is 1. The molecular weight excluding hydrogens is 442 g/mol. The Bertz CT molecular complexity index is 980. The summed E-state index contributed by atoms with van der Waals surface area (Å²) in [5.41, 5.74) is 5.29. The zero-order valence-electron chi connectivity index (χ0n) is 22.1. The molecule has 0 aliphatic carbocycles. The summed E-state index contributed by atoms with van der Waals surface area (Å²) < 4.78 is 18.1. The van der Waals surface area contributed by atoms with Crippen LogP contribution in [0.5, 0.6) is 17.2 Å². The van der Waals surface area contributed by atoms with Crippen LogP contribution in [0.2, 0.25) is 16.6 Å². The third-order valence-corrected chi connectivity index (χ3v) is 13.1. The van der Waals surface area contributed by atoms with Crippen LogP contribution in [0.3, 0.4) is 0 Å². The lowest BCUT2D eigenvalue weighted by Gasteiger charge is -2.42. The summed E-state index contributed by atoms with van der Waals surface area (Å²) in [6.45, 7) is 17.9. The fourth-order valence-electron chi connectivity index (χ4n) is 5.67. The Balaban J connectivity index is 1.83. The predicted molar refractivity (Wildman–Crippen MR) is 140 cm³/mol. The fourth-order valence-corrected chi connectivity index (χ4v) is 10.9. The third-order valence-electron chi connectivity index (χ3n) is 7.14. The molecule has 5 nitrogen and oxygen atoms in total. The number of hydrogen-bond donors (Lipinski definition) is 0. The number of methoxy groups -OCH3 is 1. The number of benzene rings is 2. The SMILES string of the molecule is COc1cc2c(cc1O[Si](C(C)C)(C(C)C)C(C)C)CCN(Cc1cccc(OC(C)=O)c1)C2. The van der Waals surface area contributed by atoms with E-state index in [1.165, 1.54) is 18.1 Å². The summed E-state index contributed by atoms with van der Waals surface area (Å²) in [5, 5.41) is 0. The van der Waals surface area contributed by atoms with Crippen LogP contribution < -0.4 is 13.9 Å². The van der Waals surface area contributed by atoms with Crippen molar-refractivity contribution in [2.75, 3.05) is 13.7 Å². The summed E-state index contributed by atoms with van der Waals surface area (Å²) in [7, 11) is -0.334. The zero-order valence-corrected chi connectivity index (χ0v) is 23.1. The Labute approximate surface area is 206 Å². The van der Waals surface area contributed by atoms with Crippen LogP contribution in [0.15, 0.2) is 36.4 Å². The molecule has 0 saturated heterocycles. The molecule has 1 aliphatic heterocycles. The maximum atomic E-state index is 11.3. The molecule has 0 atom stereocenters. The van der Waals surface area contributed by atoms with Crippen molar-refractivity contribution in [3.05, 3.63) is 53.1 Å². The van der Waals surface area contributed by atoms with Gasteiger partial charge in [0.1, 0.15) is 11.5 Å². The number of carbonyl (C=O) groups excluding carboxylic acids is 1. The van der Waals surface area contributed by atoms with Crippen LogP contribution in [0, 0.1) is 0 Å². The molecule has 0 fully saturated rings. The first-order valence-corrected chi connectivity index (χ1v) is 14.6. The molecule has 1 aliphatic rings. The van der Waals surface area contributed by atoms with Gasteiger partial charge in [-0.15, -0.1) is 0 Å². The zero-order chi connectivity index (χ0) is 25.0. The number of fused-ring (bicyclic) bond motifs is 1. The molecule has 2 aromatic carbocycles. The van der Waals surface area contributed by atoms with Crippen molar-refractivity contribution < 1.29 is 18.7 Å². The van der Waals surface area contributed by atoms with Crippen molar-refractivity contribution >= 4 is 14.3 Å². The molecule has 0 amide bonds. The first-order valence-electron chi connectivity index (χ1n) is 12.4. The van der Waals surface area contributed by atoms with Gasteiger partial charge in [-0.2, -0.15) is 0 Å². The van der Waals surface area contributed by atoms with E-state index < -0.39 is 8.32 Å². The van der Waals surface area contributed by atoms with Crippen LogP contribution >= 0.6 is 0 Å². The smallest absolute Gasteiger partial charge is 0.308 e. The van der Waals surface area contributed by atoms with Gasteiger partial charge in [0.2, 0.25) is 0 Å². The Morgan fingerprint density at radius 3 is 2.21 bits per heavy atom. The van der Waals surface area contributed by atoms with Crippen molar-refractivity contribution in [1.82, 2.24) is 4.90 Å². The summed E-state index contributed by atoms with van der Waals surface area (Å²) in [6, 6.07) is 12.2. The van der Waals surface area contributed by atoms with Crippen LogP contribution in [-0.2, 0) is 24.3 Å². The molecule has 1 heterocycles. The van der Waals surface area contributed by atoms with E-state index in [9.17, 15) is 4.79 Å². The highest BCUT2D eigenvalue weighted by atomic mass is 28.4. The van der Waals surface area contributed by atoms with E-state index in [2.05, 4.69) is 64.6 Å². The van der Waals surface area contributed by atoms with E-state index in [1.54, 1.807) is 7.11 Å². The van der Waals surface area contributed by atoms with Gasteiger partial charge >= 0.3 is 5.97 Å². The van der Waals surface area contributed by atoms with Gasteiger partial charge in [-0.25, -0.2) is 0 Å². The van der Waals surface area contributed by atoms with E-state index in [-0.39, 0.29) is 5.97 Å². The first kappa shape index (κ1) is 26.3. The highest BCUT2D eigenvalue weighted by molar-refractivity contribution is 6.78. The molecule has 186 valence electrons. The number of nitrogens with zero attached hydrogens (tertiary/aromatic N) is 1. The lowest BCUT2D eigenvalue weighted by molar-refractivity contribution is -0.131. The normalized spacial score (nSPS) is 14.4. The lowest BCUT2D eigenvalue weighted by Crippen LogP contribution is -2.50. The molecule has 3 rings (SSSR count). The van der Waals surface area contributed by atoms with E-state index in [0.717, 1.165) is 43.1 Å². The van der Waals surface area contributed by atoms with Crippen LogP contribution in [0.1, 0.15) is 65.2 Å². The molecule has 0 saturated carbocycles. The average molecular weight is 484 g/mol. The largest absolute Gasteiger partial charge is 0.540 e. The average Bonchev–Trinajstić information content (AvgIpc) is 2.75. The van der Waals surface area contributed by atoms with E-state index >= 15 is 0 Å². The highest BCUT2D eigenvalue weighted by Gasteiger charge is 2.47. The minimum Gasteiger partial charge on any atom is -0.540 e. The van der Waals surface area contributed by atoms with Crippen LogP contribution in [0.25, 0.3) is 0 Å². The second-order valence-corrected chi connectivity index (χ2v) is 15.8. The van der Waals surface area contributed by atoms with Crippen LogP contribution in [-0.4, -0.2) is 32.8 Å². The van der Waals surface area contributed by atoms with Crippen molar-refractivity contribution in [3.63, 3.8) is 0 Å². The molecule has 34 heavy (non-hydrogen) atoms. The summed E-state index contributed by atoms with van der Waals surface area (Å²) in [5.74, 6) is 2.04. The quantitative estimate of drug-likeness (QED) is 0.225. The monoisotopic (exact) mass is 483 g/mol. The molecule has 6 heteroatoms. The minimum absolute atomic E-state index is 0.298. The maximum Gasteiger partial charge on any atom is 0.308 e. The molecule has 2 aromatic rings. The minimum atomic E-state index is -2.07. The van der Waals surface area contributed by atoms with E-state index in [1.807, 2.05) is 18.2 Å². The molecule has 0 N–H and O–H groups in total. The van der Waals surface area contributed by atoms with Gasteiger partial charge < -0.3 is 13.9 Å². The molecular formula is C28H41NO4Si. The van der Waals surface area contributed by atoms with E-state index in [0.29, 0.717) is 22.4 Å². The summed E-state index contributed by atoms with van der Waals surface area (Å²) >= 11 is 0. The molecule has 0 unspecified atom stereocenters. The third kappa shape index (κ3) is 5.66. The second-order valence-electron chi connectivity index (χ2n) is 10.4. The topological polar surface area (TPSA) is 48.0 Å². The maximum absolute atomic E-state index is 11.3. The number of ether oxygens (including phenoxy) is 2. The molecule has 0 radical (unpaired) electrons. The van der Waals surface area contributed by atoms with Gasteiger partial charge in [0.05, 0.1) is 7.11 Å². The summed E-state index contributed by atoms with van der Waals surface area (Å²) in [6.07, 6.45) is 0.971. The molecule has 0 spiro atoms. The van der Waals surface area contributed by atoms with Crippen molar-refractivity contribution in [1.29, 1.82) is 0 Å². The van der Waals surface area contributed by atoms with Gasteiger partial charge in [0.25, 0.3) is 8.32 Å². The highest BCUT2D eigenvalue weighted by Crippen LogP contribution is 2.45. The Hall–Kier alpha value is -2.31. The second kappa shape index (κ2) is 11.0. The van der Waals surface area contributed by atoms with Gasteiger partial charge in [-0.1, -0.05) is 53.7 Å². The number of hydrogen-bond acceptors (Lipinski definition) is 5. The standard InChI is InChI=1S/C28H41NO4Si/c1-19(2)34(20(3)4,21(5)6)33-28-15-24-12-13-29(18-25(24)16-27(28)31-8)17-23-10-9-11-26(14-23)32-22(7)30/h9-11,14-16,19-21H,12-13,17-18H2,1-8H3. The Kier molecular flexibility index (Phi) is 8.47. The first-order chi connectivity index (χ1) is 16.1. The van der Waals surface area contributed by atoms with Gasteiger partial charge in [0, 0.05) is 26.6 Å². The molecule has 0 bridgehead atoms. The fraction of sp³-hybridized carbons (Fsp3) is 0.536. The van der Waals surface area contributed by atoms with Crippen LogP contribution in [0.4, 0.5) is 0 Å². The number of rotatable bonds is 9. The number of carbonyl (C=O) groups is 1. The van der Waals surface area contributed by atoms with Crippen molar-refractivity contribution in [2.45, 2.75) is 84.6 Å². The van der Waals surface area contributed by atoms with Crippen molar-refractivity contribution in [3.8, 4) is 17.2 Å². The predicted octanol–water partition coefficient (Wildman–Crippen LogP) is 6.73. The van der Waals surface area contributed by atoms with Gasteiger partial charge in [-0.3, -0.25) is 9.69 Å². The van der Waals surface area contributed by atoms with Gasteiger partial charge in [0.15, 0.2) is 5.75 Å².